The molecule has 0 aliphatic rings. The number of phenolic OH excluding ortho intramolecular Hbond substituents is 1. The average molecular weight is 268 g/mol. The second-order valence-corrected chi connectivity index (χ2v) is 3.98. The highest BCUT2D eigenvalue weighted by Crippen LogP contribution is 2.12. The van der Waals surface area contributed by atoms with Gasteiger partial charge in [-0.15, -0.1) is 0 Å². The standard InChI is InChI=1S/C15H12N2O3/c18-14-4-2-1-3-13(14)10-17-16-9-11-5-7-12(8-6-11)15(19)20/h1-10,18H,(H,19,20)/b16-9-,17-10+. The third-order valence-electron chi connectivity index (χ3n) is 2.56. The zero-order valence-electron chi connectivity index (χ0n) is 10.5. The molecule has 20 heavy (non-hydrogen) atoms. The van der Waals surface area contributed by atoms with Crippen LogP contribution in [-0.4, -0.2) is 28.6 Å². The zero-order chi connectivity index (χ0) is 14.4. The number of hydrogen-bond donors (Lipinski definition) is 2. The first-order chi connectivity index (χ1) is 9.66. The molecule has 100 valence electrons. The van der Waals surface area contributed by atoms with Crippen LogP contribution in [0.1, 0.15) is 21.5 Å². The van der Waals surface area contributed by atoms with Crippen molar-refractivity contribution in [3.8, 4) is 5.75 Å². The van der Waals surface area contributed by atoms with Gasteiger partial charge in [0.15, 0.2) is 0 Å². The molecule has 0 aromatic heterocycles. The second-order valence-electron chi connectivity index (χ2n) is 3.98. The van der Waals surface area contributed by atoms with Crippen LogP contribution in [0.5, 0.6) is 5.75 Å². The average Bonchev–Trinajstić information content (AvgIpc) is 2.46. The van der Waals surface area contributed by atoms with Gasteiger partial charge >= 0.3 is 5.97 Å². The van der Waals surface area contributed by atoms with E-state index in [-0.39, 0.29) is 11.3 Å². The number of phenols is 1. The molecule has 0 radical (unpaired) electrons. The maximum absolute atomic E-state index is 10.7. The Morgan fingerprint density at radius 1 is 0.950 bits per heavy atom. The minimum absolute atomic E-state index is 0.136. The van der Waals surface area contributed by atoms with Crippen molar-refractivity contribution in [3.05, 3.63) is 65.2 Å². The van der Waals surface area contributed by atoms with Gasteiger partial charge in [0.25, 0.3) is 0 Å². The number of aromatic carboxylic acids is 1. The van der Waals surface area contributed by atoms with E-state index in [1.54, 1.807) is 36.4 Å². The van der Waals surface area contributed by atoms with Crippen molar-refractivity contribution < 1.29 is 15.0 Å². The molecule has 0 saturated carbocycles. The highest BCUT2D eigenvalue weighted by molar-refractivity contribution is 5.89. The molecule has 0 bridgehead atoms. The lowest BCUT2D eigenvalue weighted by molar-refractivity contribution is 0.0697. The Morgan fingerprint density at radius 2 is 1.60 bits per heavy atom. The number of carboxylic acids is 1. The highest BCUT2D eigenvalue weighted by atomic mass is 16.4. The summed E-state index contributed by atoms with van der Waals surface area (Å²) in [5, 5.41) is 25.9. The summed E-state index contributed by atoms with van der Waals surface area (Å²) in [5.74, 6) is -0.830. The van der Waals surface area contributed by atoms with Crippen molar-refractivity contribution in [2.75, 3.05) is 0 Å². The number of carboxylic acid groups (broad SMARTS) is 1. The summed E-state index contributed by atoms with van der Waals surface area (Å²) < 4.78 is 0. The Hall–Kier alpha value is -2.95. The minimum Gasteiger partial charge on any atom is -0.507 e. The molecule has 0 heterocycles. The number of para-hydroxylation sites is 1. The van der Waals surface area contributed by atoms with E-state index in [0.29, 0.717) is 5.56 Å². The fourth-order valence-electron chi connectivity index (χ4n) is 1.50. The maximum atomic E-state index is 10.7. The molecule has 2 aromatic carbocycles. The Labute approximate surface area is 115 Å². The summed E-state index contributed by atoms with van der Waals surface area (Å²) in [7, 11) is 0. The number of carbonyl (C=O) groups is 1. The second kappa shape index (κ2) is 6.29. The van der Waals surface area contributed by atoms with Gasteiger partial charge < -0.3 is 10.2 Å². The Bertz CT molecular complexity index is 661. The predicted molar refractivity (Wildman–Crippen MR) is 76.7 cm³/mol. The van der Waals surface area contributed by atoms with E-state index >= 15 is 0 Å². The lowest BCUT2D eigenvalue weighted by atomic mass is 10.1. The van der Waals surface area contributed by atoms with Gasteiger partial charge in [-0.2, -0.15) is 10.2 Å². The van der Waals surface area contributed by atoms with Crippen LogP contribution < -0.4 is 0 Å². The summed E-state index contributed by atoms with van der Waals surface area (Å²) in [6, 6.07) is 13.1. The number of benzene rings is 2. The molecule has 0 aliphatic heterocycles. The first-order valence-electron chi connectivity index (χ1n) is 5.84. The third-order valence-corrected chi connectivity index (χ3v) is 2.56. The van der Waals surface area contributed by atoms with E-state index in [2.05, 4.69) is 10.2 Å². The van der Waals surface area contributed by atoms with Gasteiger partial charge in [-0.05, 0) is 29.8 Å². The van der Waals surface area contributed by atoms with Crippen molar-refractivity contribution in [1.29, 1.82) is 0 Å². The molecule has 0 fully saturated rings. The van der Waals surface area contributed by atoms with Crippen LogP contribution in [0.3, 0.4) is 0 Å². The van der Waals surface area contributed by atoms with Gasteiger partial charge in [0.05, 0.1) is 18.0 Å². The molecule has 2 rings (SSSR count). The lowest BCUT2D eigenvalue weighted by Gasteiger charge is -1.95. The molecule has 2 N–H and O–H groups in total. The smallest absolute Gasteiger partial charge is 0.335 e. The fourth-order valence-corrected chi connectivity index (χ4v) is 1.50. The Kier molecular flexibility index (Phi) is 4.24. The van der Waals surface area contributed by atoms with Crippen LogP contribution in [-0.2, 0) is 0 Å². The van der Waals surface area contributed by atoms with Gasteiger partial charge in [-0.3, -0.25) is 0 Å². The van der Waals surface area contributed by atoms with E-state index in [1.807, 2.05) is 0 Å². The van der Waals surface area contributed by atoms with Gasteiger partial charge in [0, 0.05) is 5.56 Å². The van der Waals surface area contributed by atoms with Crippen LogP contribution >= 0.6 is 0 Å². The number of hydrogen-bond acceptors (Lipinski definition) is 4. The normalized spacial score (nSPS) is 11.2. The molecule has 5 nitrogen and oxygen atoms in total. The lowest BCUT2D eigenvalue weighted by Crippen LogP contribution is -1.95. The molecular formula is C15H12N2O3. The van der Waals surface area contributed by atoms with Crippen LogP contribution in [0.15, 0.2) is 58.7 Å². The largest absolute Gasteiger partial charge is 0.507 e. The molecular weight excluding hydrogens is 256 g/mol. The monoisotopic (exact) mass is 268 g/mol. The van der Waals surface area contributed by atoms with Crippen LogP contribution in [0.2, 0.25) is 0 Å². The Balaban J connectivity index is 2.03. The predicted octanol–water partition coefficient (Wildman–Crippen LogP) is 2.54. The summed E-state index contributed by atoms with van der Waals surface area (Å²) in [4.78, 5) is 10.7. The van der Waals surface area contributed by atoms with Gasteiger partial charge in [0.2, 0.25) is 0 Å². The fraction of sp³-hybridized carbons (Fsp3) is 0. The number of rotatable bonds is 4. The van der Waals surface area contributed by atoms with Gasteiger partial charge in [0.1, 0.15) is 5.75 Å². The van der Waals surface area contributed by atoms with Crippen molar-refractivity contribution in [2.45, 2.75) is 0 Å². The molecule has 0 spiro atoms. The van der Waals surface area contributed by atoms with Crippen LogP contribution in [0.25, 0.3) is 0 Å². The molecule has 0 aliphatic carbocycles. The number of nitrogens with zero attached hydrogens (tertiary/aromatic N) is 2. The van der Waals surface area contributed by atoms with E-state index in [9.17, 15) is 9.90 Å². The van der Waals surface area contributed by atoms with E-state index in [0.717, 1.165) is 5.56 Å². The van der Waals surface area contributed by atoms with Crippen molar-refractivity contribution >= 4 is 18.4 Å². The van der Waals surface area contributed by atoms with E-state index in [4.69, 9.17) is 5.11 Å². The van der Waals surface area contributed by atoms with E-state index < -0.39 is 5.97 Å². The van der Waals surface area contributed by atoms with E-state index in [1.165, 1.54) is 24.6 Å². The maximum Gasteiger partial charge on any atom is 0.335 e. The number of aromatic hydroxyl groups is 1. The van der Waals surface area contributed by atoms with Crippen LogP contribution in [0, 0.1) is 0 Å². The Morgan fingerprint density at radius 3 is 2.25 bits per heavy atom. The minimum atomic E-state index is -0.967. The van der Waals surface area contributed by atoms with Crippen molar-refractivity contribution in [2.24, 2.45) is 10.2 Å². The SMILES string of the molecule is O=C(O)c1ccc(/C=N\N=C\c2ccccc2O)cc1. The molecule has 0 unspecified atom stereocenters. The first-order valence-corrected chi connectivity index (χ1v) is 5.84. The molecule has 0 amide bonds. The topological polar surface area (TPSA) is 82.2 Å². The van der Waals surface area contributed by atoms with Gasteiger partial charge in [-0.1, -0.05) is 24.3 Å². The van der Waals surface area contributed by atoms with Gasteiger partial charge in [-0.25, -0.2) is 4.79 Å². The van der Waals surface area contributed by atoms with Crippen molar-refractivity contribution in [1.82, 2.24) is 0 Å². The molecule has 0 atom stereocenters. The summed E-state index contributed by atoms with van der Waals surface area (Å²) in [6.07, 6.45) is 2.94. The third kappa shape index (κ3) is 3.52. The quantitative estimate of drug-likeness (QED) is 0.660. The molecule has 2 aromatic rings. The molecule has 0 saturated heterocycles. The zero-order valence-corrected chi connectivity index (χ0v) is 10.5. The van der Waals surface area contributed by atoms with Crippen molar-refractivity contribution in [3.63, 3.8) is 0 Å². The summed E-state index contributed by atoms with van der Waals surface area (Å²) in [5.41, 5.74) is 1.54. The van der Waals surface area contributed by atoms with Crippen LogP contribution in [0.4, 0.5) is 0 Å². The highest BCUT2D eigenvalue weighted by Gasteiger charge is 2.00. The summed E-state index contributed by atoms with van der Waals surface area (Å²) >= 11 is 0. The first kappa shape index (κ1) is 13.5. The summed E-state index contributed by atoms with van der Waals surface area (Å²) in [6.45, 7) is 0. The molecule has 5 heteroatoms.